The predicted molar refractivity (Wildman–Crippen MR) is 70.9 cm³/mol. The van der Waals surface area contributed by atoms with Crippen LogP contribution in [0.15, 0.2) is 24.3 Å². The van der Waals surface area contributed by atoms with Crippen LogP contribution in [0.4, 0.5) is 4.39 Å². The quantitative estimate of drug-likeness (QED) is 0.793. The second-order valence-corrected chi connectivity index (χ2v) is 5.70. The average molecular weight is 248 g/mol. The van der Waals surface area contributed by atoms with E-state index in [2.05, 4.69) is 16.7 Å². The lowest BCUT2D eigenvalue weighted by molar-refractivity contribution is 0.0540. The zero-order valence-electron chi connectivity index (χ0n) is 11.0. The fourth-order valence-corrected chi connectivity index (χ4v) is 3.34. The molecule has 3 heteroatoms. The van der Waals surface area contributed by atoms with Crippen LogP contribution in [0.1, 0.15) is 25.3 Å². The third kappa shape index (κ3) is 2.43. The highest BCUT2D eigenvalue weighted by molar-refractivity contribution is 5.16. The lowest BCUT2D eigenvalue weighted by atomic mass is 10.1. The molecule has 2 heterocycles. The molecular weight excluding hydrogens is 227 g/mol. The van der Waals surface area contributed by atoms with Gasteiger partial charge >= 0.3 is 0 Å². The highest BCUT2D eigenvalue weighted by Gasteiger charge is 2.34. The first-order chi connectivity index (χ1) is 8.72. The lowest BCUT2D eigenvalue weighted by Gasteiger charge is -2.42. The number of rotatable bonds is 2. The molecule has 2 atom stereocenters. The first-order valence-corrected chi connectivity index (χ1v) is 6.95. The third-order valence-electron chi connectivity index (χ3n) is 4.34. The summed E-state index contributed by atoms with van der Waals surface area (Å²) in [5, 5.41) is 0. The van der Waals surface area contributed by atoms with Crippen LogP contribution in [0.5, 0.6) is 0 Å². The first-order valence-electron chi connectivity index (χ1n) is 6.95. The minimum atomic E-state index is -0.125. The molecule has 1 aromatic carbocycles. The van der Waals surface area contributed by atoms with Crippen molar-refractivity contribution in [3.05, 3.63) is 35.6 Å². The smallest absolute Gasteiger partial charge is 0.123 e. The standard InChI is InChI=1S/C15H21FN2/c1-12-9-17-7-3-6-15(17)11-18(12)10-13-4-2-5-14(16)8-13/h2,4-5,8,12,15H,3,6-7,9-11H2,1H3/t12-,15-/m1/s1. The van der Waals surface area contributed by atoms with Crippen molar-refractivity contribution in [2.24, 2.45) is 0 Å². The van der Waals surface area contributed by atoms with Crippen molar-refractivity contribution in [2.75, 3.05) is 19.6 Å². The van der Waals surface area contributed by atoms with E-state index < -0.39 is 0 Å². The second-order valence-electron chi connectivity index (χ2n) is 5.70. The van der Waals surface area contributed by atoms with E-state index in [0.29, 0.717) is 6.04 Å². The third-order valence-corrected chi connectivity index (χ3v) is 4.34. The number of hydrogen-bond acceptors (Lipinski definition) is 2. The van der Waals surface area contributed by atoms with Crippen molar-refractivity contribution in [3.8, 4) is 0 Å². The molecule has 2 fully saturated rings. The Morgan fingerprint density at radius 2 is 2.22 bits per heavy atom. The summed E-state index contributed by atoms with van der Waals surface area (Å²) >= 11 is 0. The largest absolute Gasteiger partial charge is 0.298 e. The number of benzene rings is 1. The maximum absolute atomic E-state index is 13.2. The minimum Gasteiger partial charge on any atom is -0.298 e. The summed E-state index contributed by atoms with van der Waals surface area (Å²) in [6.45, 7) is 6.73. The second kappa shape index (κ2) is 4.98. The number of piperazine rings is 1. The Labute approximate surface area is 108 Å². The molecule has 0 radical (unpaired) electrons. The molecule has 0 spiro atoms. The molecule has 2 aliphatic heterocycles. The van der Waals surface area contributed by atoms with E-state index in [0.717, 1.165) is 24.7 Å². The van der Waals surface area contributed by atoms with Crippen LogP contribution in [0, 0.1) is 5.82 Å². The van der Waals surface area contributed by atoms with Gasteiger partial charge in [-0.05, 0) is 44.0 Å². The van der Waals surface area contributed by atoms with Crippen molar-refractivity contribution in [2.45, 2.75) is 38.4 Å². The highest BCUT2D eigenvalue weighted by atomic mass is 19.1. The topological polar surface area (TPSA) is 6.48 Å². The summed E-state index contributed by atoms with van der Waals surface area (Å²) in [5.74, 6) is -0.125. The van der Waals surface area contributed by atoms with Crippen LogP contribution in [0.3, 0.4) is 0 Å². The van der Waals surface area contributed by atoms with Crippen molar-refractivity contribution in [1.82, 2.24) is 9.80 Å². The number of fused-ring (bicyclic) bond motifs is 1. The highest BCUT2D eigenvalue weighted by Crippen LogP contribution is 2.25. The van der Waals surface area contributed by atoms with Crippen molar-refractivity contribution < 1.29 is 4.39 Å². The summed E-state index contributed by atoms with van der Waals surface area (Å²) in [6, 6.07) is 8.31. The molecule has 0 amide bonds. The Hall–Kier alpha value is -0.930. The minimum absolute atomic E-state index is 0.125. The average Bonchev–Trinajstić information content (AvgIpc) is 2.76. The Bertz CT molecular complexity index is 421. The fraction of sp³-hybridized carbons (Fsp3) is 0.600. The number of halogens is 1. The zero-order valence-corrected chi connectivity index (χ0v) is 11.0. The number of nitrogens with zero attached hydrogens (tertiary/aromatic N) is 2. The van der Waals surface area contributed by atoms with Gasteiger partial charge in [0.2, 0.25) is 0 Å². The van der Waals surface area contributed by atoms with Crippen molar-refractivity contribution >= 4 is 0 Å². The van der Waals surface area contributed by atoms with Gasteiger partial charge in [-0.3, -0.25) is 9.80 Å². The van der Waals surface area contributed by atoms with E-state index in [4.69, 9.17) is 0 Å². The van der Waals surface area contributed by atoms with Gasteiger partial charge in [-0.1, -0.05) is 12.1 Å². The van der Waals surface area contributed by atoms with E-state index >= 15 is 0 Å². The van der Waals surface area contributed by atoms with Gasteiger partial charge < -0.3 is 0 Å². The van der Waals surface area contributed by atoms with E-state index in [1.165, 1.54) is 32.0 Å². The summed E-state index contributed by atoms with van der Waals surface area (Å²) in [6.07, 6.45) is 2.66. The van der Waals surface area contributed by atoms with Gasteiger partial charge in [0.25, 0.3) is 0 Å². The normalized spacial score (nSPS) is 29.4. The molecule has 1 aromatic rings. The van der Waals surface area contributed by atoms with Crippen LogP contribution < -0.4 is 0 Å². The Balaban J connectivity index is 1.68. The van der Waals surface area contributed by atoms with E-state index in [1.54, 1.807) is 12.1 Å². The molecule has 0 unspecified atom stereocenters. The molecule has 2 saturated heterocycles. The molecule has 18 heavy (non-hydrogen) atoms. The molecule has 0 aromatic heterocycles. The predicted octanol–water partition coefficient (Wildman–Crippen LogP) is 2.49. The van der Waals surface area contributed by atoms with Gasteiger partial charge in [-0.25, -0.2) is 4.39 Å². The Kier molecular flexibility index (Phi) is 3.35. The van der Waals surface area contributed by atoms with Crippen LogP contribution in [-0.4, -0.2) is 41.5 Å². The SMILES string of the molecule is C[C@@H]1CN2CCC[C@@H]2CN1Cc1cccc(F)c1. The van der Waals surface area contributed by atoms with Gasteiger partial charge in [-0.15, -0.1) is 0 Å². The van der Waals surface area contributed by atoms with E-state index in [-0.39, 0.29) is 5.82 Å². The lowest BCUT2D eigenvalue weighted by Crippen LogP contribution is -2.54. The van der Waals surface area contributed by atoms with Crippen LogP contribution in [0.25, 0.3) is 0 Å². The molecule has 0 N–H and O–H groups in total. The molecule has 0 aliphatic carbocycles. The zero-order chi connectivity index (χ0) is 12.5. The Morgan fingerprint density at radius 1 is 1.33 bits per heavy atom. The molecule has 3 rings (SSSR count). The van der Waals surface area contributed by atoms with Crippen LogP contribution in [0.2, 0.25) is 0 Å². The van der Waals surface area contributed by atoms with Crippen LogP contribution in [-0.2, 0) is 6.54 Å². The monoisotopic (exact) mass is 248 g/mol. The van der Waals surface area contributed by atoms with Gasteiger partial charge in [0.15, 0.2) is 0 Å². The maximum atomic E-state index is 13.2. The molecule has 0 bridgehead atoms. The van der Waals surface area contributed by atoms with Gasteiger partial charge in [-0.2, -0.15) is 0 Å². The number of hydrogen-bond donors (Lipinski definition) is 0. The summed E-state index contributed by atoms with van der Waals surface area (Å²) in [7, 11) is 0. The molecular formula is C15H21FN2. The summed E-state index contributed by atoms with van der Waals surface area (Å²) in [4.78, 5) is 5.12. The summed E-state index contributed by atoms with van der Waals surface area (Å²) < 4.78 is 13.2. The van der Waals surface area contributed by atoms with Gasteiger partial charge in [0.05, 0.1) is 0 Å². The summed E-state index contributed by atoms with van der Waals surface area (Å²) in [5.41, 5.74) is 1.09. The molecule has 2 aliphatic rings. The van der Waals surface area contributed by atoms with Gasteiger partial charge in [0.1, 0.15) is 5.82 Å². The first kappa shape index (κ1) is 12.1. The maximum Gasteiger partial charge on any atom is 0.123 e. The van der Waals surface area contributed by atoms with Crippen LogP contribution >= 0.6 is 0 Å². The molecule has 0 saturated carbocycles. The van der Waals surface area contributed by atoms with E-state index in [9.17, 15) is 4.39 Å². The van der Waals surface area contributed by atoms with E-state index in [1.807, 2.05) is 6.07 Å². The fourth-order valence-electron chi connectivity index (χ4n) is 3.34. The molecule has 2 nitrogen and oxygen atoms in total. The Morgan fingerprint density at radius 3 is 3.06 bits per heavy atom. The van der Waals surface area contributed by atoms with Crippen molar-refractivity contribution in [1.29, 1.82) is 0 Å². The molecule has 98 valence electrons. The van der Waals surface area contributed by atoms with Gasteiger partial charge in [0, 0.05) is 31.7 Å². The van der Waals surface area contributed by atoms with Crippen molar-refractivity contribution in [3.63, 3.8) is 0 Å².